The van der Waals surface area contributed by atoms with Gasteiger partial charge in [0.1, 0.15) is 0 Å². The molecule has 0 unspecified atom stereocenters. The molecule has 1 amide bonds. The molecule has 0 bridgehead atoms. The maximum absolute atomic E-state index is 15.5. The molecule has 2 aromatic carbocycles. The number of likely N-dealkylation sites (tertiary alicyclic amines) is 1. The van der Waals surface area contributed by atoms with Crippen LogP contribution in [0.2, 0.25) is 5.02 Å². The molecule has 1 heterocycles. The Labute approximate surface area is 247 Å². The van der Waals surface area contributed by atoms with Crippen molar-refractivity contribution < 1.29 is 45.1 Å². The topological polar surface area (TPSA) is 93.2 Å². The third-order valence-corrected chi connectivity index (χ3v) is 8.48. The Kier molecular flexibility index (Phi) is 9.56. The number of hydrogen-bond acceptors (Lipinski definition) is 7. The maximum Gasteiger partial charge on any atom is 0.493 e. The average Bonchev–Trinajstić information content (AvgIpc) is 3.73. The van der Waals surface area contributed by atoms with E-state index in [1.807, 2.05) is 18.2 Å². The van der Waals surface area contributed by atoms with Crippen molar-refractivity contribution in [3.63, 3.8) is 0 Å². The Morgan fingerprint density at radius 1 is 1.12 bits per heavy atom. The molecule has 0 spiro atoms. The van der Waals surface area contributed by atoms with Gasteiger partial charge in [-0.1, -0.05) is 38.1 Å². The van der Waals surface area contributed by atoms with E-state index in [0.29, 0.717) is 23.4 Å². The molecule has 4 rings (SSSR count). The Hall–Kier alpha value is -2.42. The summed E-state index contributed by atoms with van der Waals surface area (Å²) >= 11 is 9.71. The van der Waals surface area contributed by atoms with Gasteiger partial charge in [0, 0.05) is 16.0 Å². The number of carbonyl (C=O) groups excluding carboxylic acids is 2. The predicted molar refractivity (Wildman–Crippen MR) is 144 cm³/mol. The zero-order valence-electron chi connectivity index (χ0n) is 21.7. The van der Waals surface area contributed by atoms with Crippen LogP contribution in [0, 0.1) is 11.7 Å². The second kappa shape index (κ2) is 12.4. The standard InChI is InChI=1S/C26H26BrClF4N2O6S/c1-41(37,38)34(40-25(36)26(30,31)32)24(35)20-10-18(16-2-3-16)11-22(23(20)29)39-14-15-6-8-33(9-7-15)13-17-4-5-19(27)12-21(17)28/h4-5,10-12,15-16H,2-3,6-9,13-14H2,1H3. The first kappa shape index (κ1) is 31.5. The number of amides is 1. The summed E-state index contributed by atoms with van der Waals surface area (Å²) in [5.74, 6) is -6.33. The highest BCUT2D eigenvalue weighted by Crippen LogP contribution is 2.43. The van der Waals surface area contributed by atoms with Crippen molar-refractivity contribution in [2.24, 2.45) is 5.92 Å². The normalized spacial score (nSPS) is 16.9. The summed E-state index contributed by atoms with van der Waals surface area (Å²) in [5, 5.41) is 0.656. The van der Waals surface area contributed by atoms with Crippen molar-refractivity contribution in [1.82, 2.24) is 9.37 Å². The molecule has 15 heteroatoms. The van der Waals surface area contributed by atoms with Crippen LogP contribution in [0.3, 0.4) is 0 Å². The molecule has 0 N–H and O–H groups in total. The highest BCUT2D eigenvalue weighted by molar-refractivity contribution is 9.10. The lowest BCUT2D eigenvalue weighted by atomic mass is 9.97. The van der Waals surface area contributed by atoms with E-state index in [9.17, 15) is 31.2 Å². The highest BCUT2D eigenvalue weighted by atomic mass is 79.9. The van der Waals surface area contributed by atoms with Crippen LogP contribution < -0.4 is 4.74 Å². The lowest BCUT2D eigenvalue weighted by molar-refractivity contribution is -0.216. The van der Waals surface area contributed by atoms with E-state index in [1.165, 1.54) is 6.07 Å². The van der Waals surface area contributed by atoms with Crippen molar-refractivity contribution in [2.75, 3.05) is 26.0 Å². The van der Waals surface area contributed by atoms with E-state index in [-0.39, 0.29) is 24.2 Å². The van der Waals surface area contributed by atoms with Gasteiger partial charge >= 0.3 is 18.1 Å². The number of rotatable bonds is 8. The first-order chi connectivity index (χ1) is 19.1. The van der Waals surface area contributed by atoms with Gasteiger partial charge in [-0.05, 0) is 86.0 Å². The Morgan fingerprint density at radius 3 is 2.34 bits per heavy atom. The van der Waals surface area contributed by atoms with Crippen molar-refractivity contribution in [3.8, 4) is 5.75 Å². The van der Waals surface area contributed by atoms with E-state index in [2.05, 4.69) is 25.7 Å². The summed E-state index contributed by atoms with van der Waals surface area (Å²) in [5.41, 5.74) is 0.567. The second-order valence-corrected chi connectivity index (χ2v) is 13.2. The van der Waals surface area contributed by atoms with E-state index in [1.54, 1.807) is 0 Å². The lowest BCUT2D eigenvalue weighted by Gasteiger charge is -2.32. The molecule has 2 aliphatic rings. The molecule has 1 aliphatic heterocycles. The number of nitrogens with zero attached hydrogens (tertiary/aromatic N) is 2. The van der Waals surface area contributed by atoms with Gasteiger partial charge in [0.15, 0.2) is 11.6 Å². The van der Waals surface area contributed by atoms with Crippen LogP contribution in [0.1, 0.15) is 53.1 Å². The van der Waals surface area contributed by atoms with Gasteiger partial charge in [-0.2, -0.15) is 13.2 Å². The molecular weight excluding hydrogens is 660 g/mol. The van der Waals surface area contributed by atoms with Gasteiger partial charge in [0.25, 0.3) is 10.0 Å². The zero-order chi connectivity index (χ0) is 30.1. The first-order valence-electron chi connectivity index (χ1n) is 12.6. The highest BCUT2D eigenvalue weighted by Gasteiger charge is 2.46. The number of hydrogen-bond donors (Lipinski definition) is 0. The van der Waals surface area contributed by atoms with E-state index < -0.39 is 43.9 Å². The monoisotopic (exact) mass is 684 g/mol. The van der Waals surface area contributed by atoms with E-state index in [4.69, 9.17) is 16.3 Å². The quantitative estimate of drug-likeness (QED) is 0.255. The minimum Gasteiger partial charge on any atom is -0.490 e. The second-order valence-electron chi connectivity index (χ2n) is 10.1. The number of piperidine rings is 1. The molecule has 41 heavy (non-hydrogen) atoms. The number of sulfonamides is 1. The minimum absolute atomic E-state index is 0.0510. The van der Waals surface area contributed by atoms with Crippen LogP contribution in [0.15, 0.2) is 34.8 Å². The lowest BCUT2D eigenvalue weighted by Crippen LogP contribution is -2.42. The van der Waals surface area contributed by atoms with Crippen molar-refractivity contribution >= 4 is 49.4 Å². The van der Waals surface area contributed by atoms with E-state index >= 15 is 4.39 Å². The molecule has 8 nitrogen and oxygen atoms in total. The van der Waals surface area contributed by atoms with Crippen LogP contribution in [0.4, 0.5) is 17.6 Å². The number of ether oxygens (including phenoxy) is 1. The number of carbonyl (C=O) groups is 2. The van der Waals surface area contributed by atoms with Crippen LogP contribution >= 0.6 is 27.5 Å². The third kappa shape index (κ3) is 8.11. The number of halogens is 6. The fraction of sp³-hybridized carbons (Fsp3) is 0.462. The van der Waals surface area contributed by atoms with Gasteiger partial charge in [0.05, 0.1) is 18.4 Å². The molecule has 0 atom stereocenters. The molecular formula is C26H26BrClF4N2O6S. The molecule has 224 valence electrons. The molecule has 1 saturated carbocycles. The van der Waals surface area contributed by atoms with Gasteiger partial charge in [-0.25, -0.2) is 17.6 Å². The number of benzene rings is 2. The van der Waals surface area contributed by atoms with Gasteiger partial charge < -0.3 is 9.57 Å². The maximum atomic E-state index is 15.5. The fourth-order valence-electron chi connectivity index (χ4n) is 4.43. The zero-order valence-corrected chi connectivity index (χ0v) is 24.9. The van der Waals surface area contributed by atoms with Crippen LogP contribution in [-0.2, 0) is 26.2 Å². The Morgan fingerprint density at radius 2 is 1.78 bits per heavy atom. The van der Waals surface area contributed by atoms with Gasteiger partial charge in [0.2, 0.25) is 0 Å². The van der Waals surface area contributed by atoms with E-state index in [0.717, 1.165) is 54.9 Å². The summed E-state index contributed by atoms with van der Waals surface area (Å²) in [4.78, 5) is 30.3. The Bertz CT molecular complexity index is 1430. The van der Waals surface area contributed by atoms with Crippen LogP contribution in [0.25, 0.3) is 0 Å². The van der Waals surface area contributed by atoms with Crippen LogP contribution in [0.5, 0.6) is 5.75 Å². The molecule has 2 aromatic rings. The largest absolute Gasteiger partial charge is 0.493 e. The van der Waals surface area contributed by atoms with Crippen LogP contribution in [-0.4, -0.2) is 61.8 Å². The molecule has 1 aliphatic carbocycles. The summed E-state index contributed by atoms with van der Waals surface area (Å²) in [7, 11) is -4.86. The van der Waals surface area contributed by atoms with Crippen molar-refractivity contribution in [2.45, 2.75) is 44.3 Å². The molecule has 2 fully saturated rings. The summed E-state index contributed by atoms with van der Waals surface area (Å²) in [6.07, 6.45) is -2.33. The first-order valence-corrected chi connectivity index (χ1v) is 15.6. The summed E-state index contributed by atoms with van der Waals surface area (Å²) < 4.78 is 83.6. The number of alkyl halides is 3. The van der Waals surface area contributed by atoms with Crippen molar-refractivity contribution in [3.05, 3.63) is 62.3 Å². The van der Waals surface area contributed by atoms with Crippen molar-refractivity contribution in [1.29, 1.82) is 0 Å². The summed E-state index contributed by atoms with van der Waals surface area (Å²) in [6.45, 7) is 2.24. The van der Waals surface area contributed by atoms with Gasteiger partial charge in [-0.15, -0.1) is 0 Å². The average molecular weight is 686 g/mol. The molecule has 0 aromatic heterocycles. The molecule has 1 saturated heterocycles. The predicted octanol–water partition coefficient (Wildman–Crippen LogP) is 5.83. The van der Waals surface area contributed by atoms with Gasteiger partial charge in [-0.3, -0.25) is 9.69 Å². The Balaban J connectivity index is 1.46. The smallest absolute Gasteiger partial charge is 0.490 e. The third-order valence-electron chi connectivity index (χ3n) is 6.80. The SMILES string of the molecule is CS(=O)(=O)N(OC(=O)C(F)(F)F)C(=O)c1cc(C2CC2)cc(OCC2CCN(Cc3ccc(Br)cc3Cl)CC2)c1F. The molecule has 0 radical (unpaired) electrons. The fourth-order valence-corrected chi connectivity index (χ4v) is 5.76. The number of hydroxylamine groups is 1. The minimum atomic E-state index is -5.59. The summed E-state index contributed by atoms with van der Waals surface area (Å²) in [6, 6.07) is 8.15.